The Morgan fingerprint density at radius 1 is 1.00 bits per heavy atom. The van der Waals surface area contributed by atoms with Crippen LogP contribution in [0.3, 0.4) is 0 Å². The molecule has 0 radical (unpaired) electrons. The van der Waals surface area contributed by atoms with Gasteiger partial charge in [-0.3, -0.25) is 0 Å². The van der Waals surface area contributed by atoms with Crippen molar-refractivity contribution in [3.63, 3.8) is 0 Å². The van der Waals surface area contributed by atoms with Gasteiger partial charge in [0.1, 0.15) is 5.82 Å². The zero-order chi connectivity index (χ0) is 24.9. The lowest BCUT2D eigenvalue weighted by molar-refractivity contribution is 0.589. The number of halogens is 2. The van der Waals surface area contributed by atoms with Gasteiger partial charge >= 0.3 is 0 Å². The van der Waals surface area contributed by atoms with Gasteiger partial charge in [0.25, 0.3) is 10.0 Å². The third-order valence-electron chi connectivity index (χ3n) is 6.02. The molecular weight excluding hydrogens is 547 g/mol. The number of aromatic nitrogens is 1. The maximum atomic E-state index is 14.5. The molecule has 8 heteroatoms. The Morgan fingerprint density at radius 2 is 1.80 bits per heavy atom. The molecule has 2 heterocycles. The molecule has 0 unspecified atom stereocenters. The minimum Gasteiger partial charge on any atom is -0.233 e. The molecule has 0 saturated carbocycles. The Balaban J connectivity index is 2.00. The summed E-state index contributed by atoms with van der Waals surface area (Å²) in [7, 11) is -4.09. The van der Waals surface area contributed by atoms with Crippen molar-refractivity contribution in [3.05, 3.63) is 105 Å². The lowest BCUT2D eigenvalue weighted by atomic mass is 10.00. The number of nitrogens with zero attached hydrogens (tertiary/aromatic N) is 2. The largest absolute Gasteiger partial charge is 0.268 e. The van der Waals surface area contributed by atoms with Gasteiger partial charge in [-0.1, -0.05) is 40.2 Å². The van der Waals surface area contributed by atoms with Crippen molar-refractivity contribution in [2.45, 2.75) is 18.7 Å². The van der Waals surface area contributed by atoms with Crippen molar-refractivity contribution in [2.24, 2.45) is 0 Å². The van der Waals surface area contributed by atoms with Crippen molar-refractivity contribution in [2.75, 3.05) is 0 Å². The zero-order valence-corrected chi connectivity index (χ0v) is 21.9. The van der Waals surface area contributed by atoms with E-state index in [1.807, 2.05) is 38.1 Å². The first-order valence-corrected chi connectivity index (χ1v) is 13.7. The highest BCUT2D eigenvalue weighted by atomic mass is 79.9. The quantitative estimate of drug-likeness (QED) is 0.206. The van der Waals surface area contributed by atoms with Gasteiger partial charge in [-0.2, -0.15) is 11.3 Å². The van der Waals surface area contributed by atoms with Gasteiger partial charge in [-0.05, 0) is 72.8 Å². The van der Waals surface area contributed by atoms with Gasteiger partial charge in [0, 0.05) is 26.5 Å². The summed E-state index contributed by atoms with van der Waals surface area (Å²) in [5, 5.41) is 2.62. The minimum absolute atomic E-state index is 0.139. The van der Waals surface area contributed by atoms with Crippen LogP contribution in [0.4, 0.5) is 9.39 Å². The summed E-state index contributed by atoms with van der Waals surface area (Å²) in [5.41, 5.74) is 4.27. The standard InChI is InChI=1S/C27H18BrFN2O2S2/c1-16-7-9-21(13-17(16)2)35(32,33)31-24-10-8-20(29)15-23(24)25(22-11-12-34-27(22)30-3)26(31)18-5-4-6-19(28)14-18/h4-15H,1-2H3. The van der Waals surface area contributed by atoms with Crippen LogP contribution in [0.2, 0.25) is 0 Å². The lowest BCUT2D eigenvalue weighted by Gasteiger charge is -2.15. The van der Waals surface area contributed by atoms with Crippen LogP contribution in [0.5, 0.6) is 0 Å². The summed E-state index contributed by atoms with van der Waals surface area (Å²) in [5.74, 6) is -0.486. The third kappa shape index (κ3) is 3.90. The van der Waals surface area contributed by atoms with Crippen molar-refractivity contribution < 1.29 is 12.8 Å². The number of rotatable bonds is 4. The molecule has 3 aromatic carbocycles. The SMILES string of the molecule is [C-]#[N+]c1sccc1-c1c(-c2cccc(Br)c2)n(S(=O)(=O)c2ccc(C)c(C)c2)c2ccc(F)cc12. The van der Waals surface area contributed by atoms with Gasteiger partial charge in [-0.15, -0.1) is 0 Å². The molecule has 4 nitrogen and oxygen atoms in total. The Labute approximate surface area is 215 Å². The van der Waals surface area contributed by atoms with Crippen LogP contribution in [-0.4, -0.2) is 12.4 Å². The monoisotopic (exact) mass is 564 g/mol. The molecule has 5 rings (SSSR count). The molecule has 35 heavy (non-hydrogen) atoms. The van der Waals surface area contributed by atoms with Crippen LogP contribution < -0.4 is 0 Å². The lowest BCUT2D eigenvalue weighted by Crippen LogP contribution is -2.14. The molecule has 5 aromatic rings. The Kier molecular flexibility index (Phi) is 5.88. The molecule has 0 amide bonds. The summed E-state index contributed by atoms with van der Waals surface area (Å²) < 4.78 is 45.0. The van der Waals surface area contributed by atoms with Crippen molar-refractivity contribution in [1.29, 1.82) is 0 Å². The molecule has 174 valence electrons. The van der Waals surface area contributed by atoms with E-state index in [-0.39, 0.29) is 4.90 Å². The second-order valence-electron chi connectivity index (χ2n) is 8.16. The third-order valence-corrected chi connectivity index (χ3v) is 9.03. The first kappa shape index (κ1) is 23.5. The fourth-order valence-electron chi connectivity index (χ4n) is 4.21. The topological polar surface area (TPSA) is 43.4 Å². The second-order valence-corrected chi connectivity index (χ2v) is 11.8. The first-order chi connectivity index (χ1) is 16.7. The van der Waals surface area contributed by atoms with Gasteiger partial charge in [0.05, 0.1) is 22.7 Å². The molecule has 0 bridgehead atoms. The van der Waals surface area contributed by atoms with Gasteiger partial charge in [0.2, 0.25) is 5.00 Å². The summed E-state index contributed by atoms with van der Waals surface area (Å²) in [6.07, 6.45) is 0. The molecular formula is C27H18BrFN2O2S2. The summed E-state index contributed by atoms with van der Waals surface area (Å²) in [4.78, 5) is 3.79. The molecule has 2 aromatic heterocycles. The van der Waals surface area contributed by atoms with Gasteiger partial charge in [-0.25, -0.2) is 21.6 Å². The molecule has 0 aliphatic carbocycles. The van der Waals surface area contributed by atoms with Crippen LogP contribution in [0.15, 0.2) is 81.5 Å². The molecule has 0 atom stereocenters. The Hall–Kier alpha value is -3.25. The summed E-state index contributed by atoms with van der Waals surface area (Å²) >= 11 is 4.75. The highest BCUT2D eigenvalue weighted by molar-refractivity contribution is 9.10. The molecule has 0 fully saturated rings. The van der Waals surface area contributed by atoms with Crippen LogP contribution in [0.25, 0.3) is 38.1 Å². The van der Waals surface area contributed by atoms with Crippen molar-refractivity contribution in [1.82, 2.24) is 3.97 Å². The van der Waals surface area contributed by atoms with Crippen molar-refractivity contribution >= 4 is 53.2 Å². The number of thiophene rings is 1. The smallest absolute Gasteiger partial charge is 0.233 e. The molecule has 0 aliphatic rings. The normalized spacial score (nSPS) is 11.6. The van der Waals surface area contributed by atoms with E-state index in [1.165, 1.54) is 33.5 Å². The molecule has 0 N–H and O–H groups in total. The Morgan fingerprint density at radius 3 is 2.51 bits per heavy atom. The molecule has 0 saturated heterocycles. The van der Waals surface area contributed by atoms with E-state index in [2.05, 4.69) is 20.8 Å². The average Bonchev–Trinajstić information content (AvgIpc) is 3.42. The van der Waals surface area contributed by atoms with Crippen LogP contribution in [0, 0.1) is 26.2 Å². The fraction of sp³-hybridized carbons (Fsp3) is 0.0741. The average molecular weight is 565 g/mol. The first-order valence-electron chi connectivity index (χ1n) is 10.6. The van der Waals surface area contributed by atoms with Crippen LogP contribution in [0.1, 0.15) is 11.1 Å². The number of aryl methyl sites for hydroxylation is 2. The van der Waals surface area contributed by atoms with E-state index in [0.717, 1.165) is 15.6 Å². The summed E-state index contributed by atoms with van der Waals surface area (Å²) in [6, 6.07) is 18.2. The van der Waals surface area contributed by atoms with Gasteiger partial charge < -0.3 is 0 Å². The van der Waals surface area contributed by atoms with E-state index < -0.39 is 15.8 Å². The number of hydrogen-bond donors (Lipinski definition) is 0. The number of benzene rings is 3. The highest BCUT2D eigenvalue weighted by Gasteiger charge is 2.30. The van der Waals surface area contributed by atoms with Crippen molar-refractivity contribution in [3.8, 4) is 22.4 Å². The highest BCUT2D eigenvalue weighted by Crippen LogP contribution is 2.48. The Bertz CT molecular complexity index is 1780. The predicted molar refractivity (Wildman–Crippen MR) is 143 cm³/mol. The number of hydrogen-bond acceptors (Lipinski definition) is 3. The minimum atomic E-state index is -4.09. The van der Waals surface area contributed by atoms with Crippen LogP contribution >= 0.6 is 27.3 Å². The fourth-order valence-corrected chi connectivity index (χ4v) is 6.93. The van der Waals surface area contributed by atoms with E-state index >= 15 is 0 Å². The van der Waals surface area contributed by atoms with E-state index in [0.29, 0.717) is 38.3 Å². The number of fused-ring (bicyclic) bond motifs is 1. The van der Waals surface area contributed by atoms with E-state index in [1.54, 1.807) is 29.6 Å². The molecule has 0 spiro atoms. The predicted octanol–water partition coefficient (Wildman–Crippen LogP) is 8.34. The van der Waals surface area contributed by atoms with Crippen LogP contribution in [-0.2, 0) is 10.0 Å². The summed E-state index contributed by atoms with van der Waals surface area (Å²) in [6.45, 7) is 11.4. The second kappa shape index (κ2) is 8.76. The maximum absolute atomic E-state index is 14.5. The molecule has 0 aliphatic heterocycles. The maximum Gasteiger partial charge on any atom is 0.268 e. The van der Waals surface area contributed by atoms with Gasteiger partial charge in [0.15, 0.2) is 0 Å². The zero-order valence-electron chi connectivity index (χ0n) is 18.7. The van der Waals surface area contributed by atoms with E-state index in [9.17, 15) is 12.8 Å². The van der Waals surface area contributed by atoms with E-state index in [4.69, 9.17) is 6.57 Å².